The van der Waals surface area contributed by atoms with Gasteiger partial charge in [0.2, 0.25) is 0 Å². The van der Waals surface area contributed by atoms with Crippen molar-refractivity contribution in [2.75, 3.05) is 13.6 Å². The number of furan rings is 1. The molecule has 1 heterocycles. The predicted octanol–water partition coefficient (Wildman–Crippen LogP) is 3.01. The third-order valence-electron chi connectivity index (χ3n) is 4.49. The highest BCUT2D eigenvalue weighted by Gasteiger charge is 2.41. The molecule has 0 bridgehead atoms. The van der Waals surface area contributed by atoms with Crippen LogP contribution in [0.25, 0.3) is 0 Å². The summed E-state index contributed by atoms with van der Waals surface area (Å²) in [6, 6.07) is 2.04. The Balaban J connectivity index is 2.11. The van der Waals surface area contributed by atoms with E-state index in [1.807, 2.05) is 12.3 Å². The molecule has 3 nitrogen and oxygen atoms in total. The fraction of sp³-hybridized carbons (Fsp3) is 0.733. The molecule has 3 heteroatoms. The summed E-state index contributed by atoms with van der Waals surface area (Å²) in [6.07, 6.45) is 8.55. The Bertz CT molecular complexity index is 372. The lowest BCUT2D eigenvalue weighted by Crippen LogP contribution is -2.55. The number of nitrogens with two attached hydrogens (primary N) is 1. The van der Waals surface area contributed by atoms with Gasteiger partial charge in [0.1, 0.15) is 0 Å². The van der Waals surface area contributed by atoms with Crippen molar-refractivity contribution >= 4 is 0 Å². The summed E-state index contributed by atoms with van der Waals surface area (Å²) in [7, 11) is 2.20. The van der Waals surface area contributed by atoms with Gasteiger partial charge in [-0.3, -0.25) is 4.90 Å². The molecule has 0 saturated heterocycles. The summed E-state index contributed by atoms with van der Waals surface area (Å²) in [5.74, 6) is 0. The molecule has 1 atom stereocenters. The molecule has 0 aromatic carbocycles. The quantitative estimate of drug-likeness (QED) is 0.893. The maximum absolute atomic E-state index is 6.12. The van der Waals surface area contributed by atoms with E-state index >= 15 is 0 Å². The molecule has 1 aromatic rings. The van der Waals surface area contributed by atoms with E-state index in [-0.39, 0.29) is 5.54 Å². The van der Waals surface area contributed by atoms with Crippen molar-refractivity contribution in [3.8, 4) is 0 Å². The van der Waals surface area contributed by atoms with Gasteiger partial charge in [0, 0.05) is 24.2 Å². The third kappa shape index (κ3) is 2.78. The van der Waals surface area contributed by atoms with Crippen LogP contribution in [0.3, 0.4) is 0 Å². The van der Waals surface area contributed by atoms with Crippen molar-refractivity contribution in [1.29, 1.82) is 0 Å². The largest absolute Gasteiger partial charge is 0.472 e. The smallest absolute Gasteiger partial charge is 0.0947 e. The minimum absolute atomic E-state index is 0.152. The lowest BCUT2D eigenvalue weighted by Gasteiger charge is -2.49. The van der Waals surface area contributed by atoms with Crippen LogP contribution in [0, 0.1) is 5.41 Å². The van der Waals surface area contributed by atoms with Gasteiger partial charge in [-0.15, -0.1) is 0 Å². The summed E-state index contributed by atoms with van der Waals surface area (Å²) in [6.45, 7) is 6.39. The van der Waals surface area contributed by atoms with Gasteiger partial charge in [0.15, 0.2) is 0 Å². The van der Waals surface area contributed by atoms with Crippen LogP contribution in [-0.2, 0) is 6.54 Å². The summed E-state index contributed by atoms with van der Waals surface area (Å²) in [5.41, 5.74) is 7.91. The molecule has 0 radical (unpaired) electrons. The van der Waals surface area contributed by atoms with Crippen LogP contribution in [0.4, 0.5) is 0 Å². The van der Waals surface area contributed by atoms with Gasteiger partial charge in [0.25, 0.3) is 0 Å². The van der Waals surface area contributed by atoms with Crippen LogP contribution >= 0.6 is 0 Å². The van der Waals surface area contributed by atoms with Crippen LogP contribution in [0.5, 0.6) is 0 Å². The SMILES string of the molecule is CN(Cc1ccoc1)C1(CN)CCCC(C)(C)C1. The van der Waals surface area contributed by atoms with E-state index in [2.05, 4.69) is 25.8 Å². The Morgan fingerprint density at radius 3 is 2.72 bits per heavy atom. The molecule has 1 saturated carbocycles. The van der Waals surface area contributed by atoms with Gasteiger partial charge in [-0.2, -0.15) is 0 Å². The standard InChI is InChI=1S/C15H26N2O/c1-14(2)6-4-7-15(11-14,12-16)17(3)9-13-5-8-18-10-13/h5,8,10H,4,6-7,9,11-12,16H2,1-3H3. The molecule has 1 fully saturated rings. The molecular formula is C15H26N2O. The van der Waals surface area contributed by atoms with Gasteiger partial charge in [-0.05, 0) is 37.8 Å². The van der Waals surface area contributed by atoms with Crippen molar-refractivity contribution in [3.63, 3.8) is 0 Å². The first-order valence-corrected chi connectivity index (χ1v) is 6.90. The van der Waals surface area contributed by atoms with Crippen molar-refractivity contribution in [2.24, 2.45) is 11.1 Å². The maximum Gasteiger partial charge on any atom is 0.0947 e. The normalized spacial score (nSPS) is 27.6. The van der Waals surface area contributed by atoms with Gasteiger partial charge in [-0.1, -0.05) is 20.3 Å². The van der Waals surface area contributed by atoms with E-state index in [4.69, 9.17) is 10.2 Å². The monoisotopic (exact) mass is 250 g/mol. The number of likely N-dealkylation sites (N-methyl/N-ethyl adjacent to an activating group) is 1. The molecule has 0 spiro atoms. The Labute approximate surface area is 110 Å². The van der Waals surface area contributed by atoms with E-state index in [1.54, 1.807) is 6.26 Å². The van der Waals surface area contributed by atoms with Gasteiger partial charge in [-0.25, -0.2) is 0 Å². The second kappa shape index (κ2) is 5.06. The summed E-state index contributed by atoms with van der Waals surface area (Å²) in [4.78, 5) is 2.43. The molecule has 1 unspecified atom stereocenters. The lowest BCUT2D eigenvalue weighted by atomic mass is 9.67. The average molecular weight is 250 g/mol. The Hall–Kier alpha value is -0.800. The Kier molecular flexibility index (Phi) is 3.83. The second-order valence-electron chi connectivity index (χ2n) is 6.61. The predicted molar refractivity (Wildman–Crippen MR) is 74.2 cm³/mol. The van der Waals surface area contributed by atoms with Gasteiger partial charge in [0.05, 0.1) is 12.5 Å². The van der Waals surface area contributed by atoms with E-state index in [0.717, 1.165) is 13.1 Å². The average Bonchev–Trinajstić information content (AvgIpc) is 2.80. The molecule has 1 aromatic heterocycles. The molecule has 18 heavy (non-hydrogen) atoms. The molecule has 1 aliphatic carbocycles. The minimum atomic E-state index is 0.152. The Morgan fingerprint density at radius 1 is 1.39 bits per heavy atom. The van der Waals surface area contributed by atoms with Crippen LogP contribution < -0.4 is 5.73 Å². The zero-order chi connectivity index (χ0) is 13.2. The first kappa shape index (κ1) is 13.6. The van der Waals surface area contributed by atoms with Gasteiger partial charge >= 0.3 is 0 Å². The highest BCUT2D eigenvalue weighted by Crippen LogP contribution is 2.43. The highest BCUT2D eigenvalue weighted by atomic mass is 16.3. The Morgan fingerprint density at radius 2 is 2.17 bits per heavy atom. The van der Waals surface area contributed by atoms with E-state index in [9.17, 15) is 0 Å². The number of nitrogens with zero attached hydrogens (tertiary/aromatic N) is 1. The third-order valence-corrected chi connectivity index (χ3v) is 4.49. The van der Waals surface area contributed by atoms with Crippen LogP contribution in [0.1, 0.15) is 45.1 Å². The zero-order valence-corrected chi connectivity index (χ0v) is 11.9. The molecule has 2 rings (SSSR count). The fourth-order valence-electron chi connectivity index (χ4n) is 3.44. The highest BCUT2D eigenvalue weighted by molar-refractivity contribution is 5.07. The first-order chi connectivity index (χ1) is 8.47. The van der Waals surface area contributed by atoms with E-state index in [0.29, 0.717) is 5.41 Å². The lowest BCUT2D eigenvalue weighted by molar-refractivity contribution is 0.0223. The van der Waals surface area contributed by atoms with Crippen molar-refractivity contribution in [1.82, 2.24) is 4.90 Å². The first-order valence-electron chi connectivity index (χ1n) is 6.90. The number of hydrogen-bond acceptors (Lipinski definition) is 3. The minimum Gasteiger partial charge on any atom is -0.472 e. The van der Waals surface area contributed by atoms with E-state index < -0.39 is 0 Å². The fourth-order valence-corrected chi connectivity index (χ4v) is 3.44. The molecule has 0 aliphatic heterocycles. The zero-order valence-electron chi connectivity index (χ0n) is 11.9. The number of rotatable bonds is 4. The van der Waals surface area contributed by atoms with Crippen LogP contribution in [0.2, 0.25) is 0 Å². The maximum atomic E-state index is 6.12. The summed E-state index contributed by atoms with van der Waals surface area (Å²) < 4.78 is 5.15. The summed E-state index contributed by atoms with van der Waals surface area (Å²) in [5, 5.41) is 0. The van der Waals surface area contributed by atoms with Crippen molar-refractivity contribution in [3.05, 3.63) is 24.2 Å². The summed E-state index contributed by atoms with van der Waals surface area (Å²) >= 11 is 0. The number of hydrogen-bond donors (Lipinski definition) is 1. The van der Waals surface area contributed by atoms with Gasteiger partial charge < -0.3 is 10.2 Å². The van der Waals surface area contributed by atoms with Crippen LogP contribution in [-0.4, -0.2) is 24.0 Å². The molecule has 102 valence electrons. The topological polar surface area (TPSA) is 42.4 Å². The molecular weight excluding hydrogens is 224 g/mol. The van der Waals surface area contributed by atoms with Crippen molar-refractivity contribution in [2.45, 2.75) is 51.6 Å². The van der Waals surface area contributed by atoms with E-state index in [1.165, 1.54) is 31.2 Å². The molecule has 2 N–H and O–H groups in total. The second-order valence-corrected chi connectivity index (χ2v) is 6.61. The van der Waals surface area contributed by atoms with Crippen molar-refractivity contribution < 1.29 is 4.42 Å². The molecule has 0 amide bonds. The van der Waals surface area contributed by atoms with Crippen LogP contribution in [0.15, 0.2) is 23.0 Å². The molecule has 1 aliphatic rings.